The van der Waals surface area contributed by atoms with Crippen molar-refractivity contribution in [2.24, 2.45) is 5.73 Å². The maximum Gasteiger partial charge on any atom is 0.339 e. The number of hydrogen-bond acceptors (Lipinski definition) is 6. The Morgan fingerprint density at radius 3 is 2.24 bits per heavy atom. The lowest BCUT2D eigenvalue weighted by molar-refractivity contribution is 0.0693. The second-order valence-corrected chi connectivity index (χ2v) is 6.78. The highest BCUT2D eigenvalue weighted by atomic mass is 16.5. The van der Waals surface area contributed by atoms with Crippen LogP contribution in [0.4, 0.5) is 0 Å². The van der Waals surface area contributed by atoms with Gasteiger partial charge in [-0.15, -0.1) is 0 Å². The monoisotopic (exact) mass is 406 g/mol. The summed E-state index contributed by atoms with van der Waals surface area (Å²) in [5.74, 6) is -0.954. The molecule has 0 atom stereocenters. The summed E-state index contributed by atoms with van der Waals surface area (Å²) < 4.78 is 0.822. The molecule has 8 nitrogen and oxygen atoms in total. The highest BCUT2D eigenvalue weighted by Gasteiger charge is 2.19. The first-order valence-corrected chi connectivity index (χ1v) is 9.56. The third kappa shape index (κ3) is 7.97. The second kappa shape index (κ2) is 12.6. The van der Waals surface area contributed by atoms with Crippen LogP contribution in [0.3, 0.4) is 0 Å². The van der Waals surface area contributed by atoms with Gasteiger partial charge in [0.05, 0.1) is 12.3 Å². The van der Waals surface area contributed by atoms with E-state index in [0.717, 1.165) is 28.8 Å². The summed E-state index contributed by atoms with van der Waals surface area (Å²) in [5.41, 5.74) is 6.13. The number of aromatic carboxylic acids is 1. The number of aliphatic hydroxyl groups excluding tert-OH is 1. The van der Waals surface area contributed by atoms with Crippen LogP contribution in [0, 0.1) is 6.92 Å². The average molecular weight is 406 g/mol. The third-order valence-electron chi connectivity index (χ3n) is 4.47. The molecule has 0 amide bonds. The standard InChI is InChI=1S/C12H17NO2.C7H6O3.C2H7NO/c1-9-7-11(13(15)12(14)8-9)10-5-3-2-4-6-10;8-6-4-2-1-3-5(6)7(9)10;3-1-2-4/h7-8,10,15H,2-6H2,1H3;1-4,8H,(H,9,10);4H,1-3H2. The van der Waals surface area contributed by atoms with Gasteiger partial charge in [0.25, 0.3) is 5.56 Å². The number of rotatable bonds is 3. The van der Waals surface area contributed by atoms with Gasteiger partial charge < -0.3 is 26.3 Å². The number of aromatic hydroxyl groups is 1. The van der Waals surface area contributed by atoms with Gasteiger partial charge in [0.15, 0.2) is 0 Å². The number of aryl methyl sites for hydroxylation is 1. The zero-order valence-corrected chi connectivity index (χ0v) is 16.6. The highest BCUT2D eigenvalue weighted by Crippen LogP contribution is 2.31. The van der Waals surface area contributed by atoms with E-state index in [0.29, 0.717) is 12.5 Å². The number of aliphatic hydroxyl groups is 1. The first-order valence-electron chi connectivity index (χ1n) is 9.56. The molecule has 8 heteroatoms. The molecule has 1 aromatic heterocycles. The van der Waals surface area contributed by atoms with Gasteiger partial charge in [-0.3, -0.25) is 4.79 Å². The largest absolute Gasteiger partial charge is 0.507 e. The summed E-state index contributed by atoms with van der Waals surface area (Å²) in [6.07, 6.45) is 5.85. The predicted molar refractivity (Wildman–Crippen MR) is 110 cm³/mol. The van der Waals surface area contributed by atoms with Crippen molar-refractivity contribution in [3.63, 3.8) is 0 Å². The van der Waals surface area contributed by atoms with Gasteiger partial charge in [-0.05, 0) is 43.5 Å². The summed E-state index contributed by atoms with van der Waals surface area (Å²) >= 11 is 0. The predicted octanol–water partition coefficient (Wildman–Crippen LogP) is 2.47. The van der Waals surface area contributed by atoms with E-state index in [1.54, 1.807) is 12.1 Å². The Morgan fingerprint density at radius 2 is 1.76 bits per heavy atom. The third-order valence-corrected chi connectivity index (χ3v) is 4.47. The fraction of sp³-hybridized carbons (Fsp3) is 0.429. The fourth-order valence-electron chi connectivity index (χ4n) is 3.06. The lowest BCUT2D eigenvalue weighted by Crippen LogP contribution is -2.23. The van der Waals surface area contributed by atoms with E-state index in [-0.39, 0.29) is 23.5 Å². The van der Waals surface area contributed by atoms with Crippen molar-refractivity contribution in [3.8, 4) is 5.75 Å². The second-order valence-electron chi connectivity index (χ2n) is 6.78. The van der Waals surface area contributed by atoms with Crippen molar-refractivity contribution < 1.29 is 25.3 Å². The van der Waals surface area contributed by atoms with E-state index in [2.05, 4.69) is 0 Å². The first kappa shape index (κ1) is 24.2. The van der Waals surface area contributed by atoms with E-state index in [1.165, 1.54) is 37.5 Å². The van der Waals surface area contributed by atoms with Gasteiger partial charge in [-0.1, -0.05) is 31.4 Å². The van der Waals surface area contributed by atoms with Crippen LogP contribution in [0.5, 0.6) is 5.75 Å². The molecule has 6 N–H and O–H groups in total. The van der Waals surface area contributed by atoms with Crippen LogP contribution >= 0.6 is 0 Å². The first-order chi connectivity index (χ1) is 13.8. The van der Waals surface area contributed by atoms with Gasteiger partial charge in [0, 0.05) is 18.5 Å². The number of carboxylic acids is 1. The van der Waals surface area contributed by atoms with Crippen LogP contribution in [0.2, 0.25) is 0 Å². The molecular weight excluding hydrogens is 376 g/mol. The normalized spacial score (nSPS) is 13.5. The zero-order chi connectivity index (χ0) is 21.8. The lowest BCUT2D eigenvalue weighted by Gasteiger charge is -2.22. The number of aromatic nitrogens is 1. The number of carboxylic acid groups (broad SMARTS) is 1. The Kier molecular flexibility index (Phi) is 10.5. The van der Waals surface area contributed by atoms with E-state index in [4.69, 9.17) is 21.1 Å². The Balaban J connectivity index is 0.000000259. The molecule has 1 fully saturated rings. The summed E-state index contributed by atoms with van der Waals surface area (Å²) in [6.45, 7) is 2.37. The van der Waals surface area contributed by atoms with E-state index >= 15 is 0 Å². The van der Waals surface area contributed by atoms with Crippen molar-refractivity contribution >= 4 is 5.97 Å². The number of nitrogens with two attached hydrogens (primary N) is 1. The average Bonchev–Trinajstić information content (AvgIpc) is 2.72. The van der Waals surface area contributed by atoms with Crippen LogP contribution in [-0.2, 0) is 0 Å². The molecule has 0 spiro atoms. The highest BCUT2D eigenvalue weighted by molar-refractivity contribution is 5.90. The number of phenols is 1. The molecule has 0 aliphatic heterocycles. The molecule has 1 saturated carbocycles. The summed E-state index contributed by atoms with van der Waals surface area (Å²) in [6, 6.07) is 9.20. The molecule has 29 heavy (non-hydrogen) atoms. The van der Waals surface area contributed by atoms with Gasteiger partial charge in [-0.2, -0.15) is 4.73 Å². The van der Waals surface area contributed by atoms with Crippen LogP contribution in [-0.4, -0.2) is 44.4 Å². The van der Waals surface area contributed by atoms with Crippen LogP contribution in [0.25, 0.3) is 0 Å². The van der Waals surface area contributed by atoms with E-state index in [1.807, 2.05) is 13.0 Å². The molecule has 160 valence electrons. The molecule has 0 saturated heterocycles. The minimum absolute atomic E-state index is 0.0671. The molecule has 1 heterocycles. The maximum absolute atomic E-state index is 11.4. The van der Waals surface area contributed by atoms with Gasteiger partial charge >= 0.3 is 5.97 Å². The quantitative estimate of drug-likeness (QED) is 0.492. The number of pyridine rings is 1. The topological polar surface area (TPSA) is 146 Å². The number of carbonyl (C=O) groups is 1. The van der Waals surface area contributed by atoms with Gasteiger partial charge in [0.1, 0.15) is 11.3 Å². The lowest BCUT2D eigenvalue weighted by atomic mass is 9.86. The molecule has 2 aromatic rings. The summed E-state index contributed by atoms with van der Waals surface area (Å²) in [4.78, 5) is 21.7. The van der Waals surface area contributed by atoms with Crippen molar-refractivity contribution in [2.75, 3.05) is 13.2 Å². The van der Waals surface area contributed by atoms with Crippen molar-refractivity contribution in [3.05, 3.63) is 63.6 Å². The zero-order valence-electron chi connectivity index (χ0n) is 16.6. The number of para-hydroxylation sites is 1. The van der Waals surface area contributed by atoms with Gasteiger partial charge in [0.2, 0.25) is 0 Å². The molecule has 1 aliphatic rings. The smallest absolute Gasteiger partial charge is 0.339 e. The molecule has 0 unspecified atom stereocenters. The summed E-state index contributed by atoms with van der Waals surface area (Å²) in [5, 5.41) is 34.7. The minimum Gasteiger partial charge on any atom is -0.507 e. The summed E-state index contributed by atoms with van der Waals surface area (Å²) in [7, 11) is 0. The van der Waals surface area contributed by atoms with Crippen LogP contribution < -0.4 is 11.3 Å². The Hall–Kier alpha value is -2.84. The molecule has 3 rings (SSSR count). The van der Waals surface area contributed by atoms with Crippen LogP contribution in [0.1, 0.15) is 59.6 Å². The molecule has 1 aromatic carbocycles. The number of hydrogen-bond donors (Lipinski definition) is 5. The van der Waals surface area contributed by atoms with Crippen molar-refractivity contribution in [2.45, 2.75) is 44.9 Å². The minimum atomic E-state index is -1.11. The fourth-order valence-corrected chi connectivity index (χ4v) is 3.06. The van der Waals surface area contributed by atoms with E-state index < -0.39 is 5.97 Å². The number of nitrogens with zero attached hydrogens (tertiary/aromatic N) is 1. The van der Waals surface area contributed by atoms with Crippen molar-refractivity contribution in [1.82, 2.24) is 4.73 Å². The number of benzene rings is 1. The Morgan fingerprint density at radius 1 is 1.17 bits per heavy atom. The molecule has 1 aliphatic carbocycles. The molecular formula is C21H30N2O6. The Labute approximate surface area is 169 Å². The molecule has 0 radical (unpaired) electrons. The maximum atomic E-state index is 11.4. The molecule has 0 bridgehead atoms. The van der Waals surface area contributed by atoms with Crippen LogP contribution in [0.15, 0.2) is 41.2 Å². The Bertz CT molecular complexity index is 826. The van der Waals surface area contributed by atoms with E-state index in [9.17, 15) is 14.8 Å². The SMILES string of the molecule is Cc1cc(C2CCCCC2)n(O)c(=O)c1.NCCO.O=C(O)c1ccccc1O. The van der Waals surface area contributed by atoms with Crippen molar-refractivity contribution in [1.29, 1.82) is 0 Å². The van der Waals surface area contributed by atoms with Gasteiger partial charge in [-0.25, -0.2) is 4.79 Å².